The van der Waals surface area contributed by atoms with E-state index in [1.165, 1.54) is 0 Å². The van der Waals surface area contributed by atoms with Gasteiger partial charge in [-0.25, -0.2) is 0 Å². The molecule has 1 aliphatic rings. The van der Waals surface area contributed by atoms with Gasteiger partial charge in [-0.05, 0) is 12.3 Å². The zero-order valence-electron chi connectivity index (χ0n) is 8.14. The zero-order chi connectivity index (χ0) is 9.35. The molecule has 0 saturated heterocycles. The average Bonchev–Trinajstić information content (AvgIpc) is 2.07. The summed E-state index contributed by atoms with van der Waals surface area (Å²) < 4.78 is 0. The number of amides is 1. The monoisotopic (exact) mass is 168 g/mol. The van der Waals surface area contributed by atoms with Crippen molar-refractivity contribution in [1.29, 1.82) is 0 Å². The van der Waals surface area contributed by atoms with E-state index in [2.05, 4.69) is 31.1 Å². The van der Waals surface area contributed by atoms with E-state index in [4.69, 9.17) is 0 Å². The SMILES string of the molecule is CC1N=C(CC(C)(C)C)NC1=O. The molecular formula is C9H16N2O. The highest BCUT2D eigenvalue weighted by molar-refractivity contribution is 6.05. The number of rotatable bonds is 1. The first-order valence-corrected chi connectivity index (χ1v) is 4.26. The molecule has 0 saturated carbocycles. The molecule has 12 heavy (non-hydrogen) atoms. The molecule has 1 amide bonds. The number of aliphatic imine (C=N–C) groups is 1. The lowest BCUT2D eigenvalue weighted by atomic mass is 9.92. The fourth-order valence-corrected chi connectivity index (χ4v) is 1.16. The molecule has 0 spiro atoms. The molecule has 0 aromatic rings. The smallest absolute Gasteiger partial charge is 0.249 e. The molecule has 68 valence electrons. The van der Waals surface area contributed by atoms with Crippen LogP contribution in [-0.2, 0) is 4.79 Å². The Balaban J connectivity index is 2.57. The van der Waals surface area contributed by atoms with Gasteiger partial charge in [0.2, 0.25) is 5.91 Å². The van der Waals surface area contributed by atoms with Gasteiger partial charge >= 0.3 is 0 Å². The third-order valence-corrected chi connectivity index (χ3v) is 1.69. The Kier molecular flexibility index (Phi) is 2.22. The molecule has 1 aliphatic heterocycles. The van der Waals surface area contributed by atoms with Gasteiger partial charge in [-0.15, -0.1) is 0 Å². The summed E-state index contributed by atoms with van der Waals surface area (Å²) in [7, 11) is 0. The van der Waals surface area contributed by atoms with Gasteiger partial charge in [-0.1, -0.05) is 20.8 Å². The lowest BCUT2D eigenvalue weighted by Crippen LogP contribution is -2.29. The molecule has 0 bridgehead atoms. The Morgan fingerprint density at radius 2 is 2.08 bits per heavy atom. The van der Waals surface area contributed by atoms with E-state index in [9.17, 15) is 4.79 Å². The molecule has 1 heterocycles. The summed E-state index contributed by atoms with van der Waals surface area (Å²) in [6.45, 7) is 8.20. The minimum Gasteiger partial charge on any atom is -0.313 e. The number of carbonyl (C=O) groups excluding carboxylic acids is 1. The minimum atomic E-state index is -0.192. The van der Waals surface area contributed by atoms with Crippen molar-refractivity contribution in [1.82, 2.24) is 5.32 Å². The maximum absolute atomic E-state index is 11.0. The molecule has 0 aliphatic carbocycles. The number of amidine groups is 1. The van der Waals surface area contributed by atoms with Gasteiger partial charge in [0.25, 0.3) is 0 Å². The quantitative estimate of drug-likeness (QED) is 0.630. The molecule has 0 radical (unpaired) electrons. The molecule has 0 aromatic heterocycles. The molecule has 1 rings (SSSR count). The molecule has 3 nitrogen and oxygen atoms in total. The number of nitrogens with one attached hydrogen (secondary N) is 1. The maximum atomic E-state index is 11.0. The van der Waals surface area contributed by atoms with Crippen LogP contribution in [0.5, 0.6) is 0 Å². The molecule has 1 N–H and O–H groups in total. The van der Waals surface area contributed by atoms with Crippen molar-refractivity contribution in [2.45, 2.75) is 40.2 Å². The highest BCUT2D eigenvalue weighted by atomic mass is 16.2. The Morgan fingerprint density at radius 3 is 2.42 bits per heavy atom. The van der Waals surface area contributed by atoms with E-state index in [0.717, 1.165) is 12.3 Å². The van der Waals surface area contributed by atoms with Crippen molar-refractivity contribution < 1.29 is 4.79 Å². The standard InChI is InChI=1S/C9H16N2O/c1-6-8(12)11-7(10-6)5-9(2,3)4/h6H,5H2,1-4H3,(H,10,11,12). The van der Waals surface area contributed by atoms with Crippen molar-refractivity contribution >= 4 is 11.7 Å². The van der Waals surface area contributed by atoms with Gasteiger partial charge in [0.05, 0.1) is 0 Å². The first kappa shape index (κ1) is 9.23. The summed E-state index contributed by atoms with van der Waals surface area (Å²) in [6.07, 6.45) is 0.836. The van der Waals surface area contributed by atoms with Gasteiger partial charge in [0.1, 0.15) is 11.9 Å². The predicted molar refractivity (Wildman–Crippen MR) is 49.1 cm³/mol. The van der Waals surface area contributed by atoms with Crippen molar-refractivity contribution in [3.8, 4) is 0 Å². The van der Waals surface area contributed by atoms with Crippen LogP contribution in [0.1, 0.15) is 34.1 Å². The van der Waals surface area contributed by atoms with Gasteiger partial charge in [-0.3, -0.25) is 9.79 Å². The van der Waals surface area contributed by atoms with Crippen LogP contribution in [0.2, 0.25) is 0 Å². The first-order chi connectivity index (χ1) is 5.38. The van der Waals surface area contributed by atoms with Gasteiger partial charge in [-0.2, -0.15) is 0 Å². The zero-order valence-corrected chi connectivity index (χ0v) is 8.14. The molecule has 0 aromatic carbocycles. The third-order valence-electron chi connectivity index (χ3n) is 1.69. The largest absolute Gasteiger partial charge is 0.313 e. The summed E-state index contributed by atoms with van der Waals surface area (Å²) in [5, 5.41) is 2.77. The van der Waals surface area contributed by atoms with Crippen LogP contribution in [0.4, 0.5) is 0 Å². The van der Waals surface area contributed by atoms with E-state index < -0.39 is 0 Å². The van der Waals surface area contributed by atoms with E-state index in [-0.39, 0.29) is 17.4 Å². The number of hydrogen-bond acceptors (Lipinski definition) is 2. The van der Waals surface area contributed by atoms with Gasteiger partial charge in [0, 0.05) is 6.42 Å². The summed E-state index contributed by atoms with van der Waals surface area (Å²) in [5.74, 6) is 0.856. The van der Waals surface area contributed by atoms with Crippen LogP contribution in [-0.4, -0.2) is 17.8 Å². The third kappa shape index (κ3) is 2.32. The molecular weight excluding hydrogens is 152 g/mol. The Hall–Kier alpha value is -0.860. The first-order valence-electron chi connectivity index (χ1n) is 4.26. The second-order valence-corrected chi connectivity index (χ2v) is 4.48. The summed E-state index contributed by atoms with van der Waals surface area (Å²) in [6, 6.07) is -0.192. The Labute approximate surface area is 73.3 Å². The van der Waals surface area contributed by atoms with Crippen molar-refractivity contribution in [2.75, 3.05) is 0 Å². The number of carbonyl (C=O) groups is 1. The Bertz CT molecular complexity index is 225. The molecule has 1 unspecified atom stereocenters. The second kappa shape index (κ2) is 2.88. The lowest BCUT2D eigenvalue weighted by molar-refractivity contribution is -0.119. The maximum Gasteiger partial charge on any atom is 0.249 e. The van der Waals surface area contributed by atoms with Crippen molar-refractivity contribution in [3.05, 3.63) is 0 Å². The fraction of sp³-hybridized carbons (Fsp3) is 0.778. The highest BCUT2D eigenvalue weighted by Crippen LogP contribution is 2.20. The van der Waals surface area contributed by atoms with Crippen LogP contribution in [0.25, 0.3) is 0 Å². The number of nitrogens with zero attached hydrogens (tertiary/aromatic N) is 1. The second-order valence-electron chi connectivity index (χ2n) is 4.48. The Morgan fingerprint density at radius 1 is 1.50 bits per heavy atom. The van der Waals surface area contributed by atoms with Crippen LogP contribution in [0.3, 0.4) is 0 Å². The normalized spacial score (nSPS) is 23.8. The summed E-state index contributed by atoms with van der Waals surface area (Å²) in [5.41, 5.74) is 0.191. The van der Waals surface area contributed by atoms with Crippen LogP contribution in [0.15, 0.2) is 4.99 Å². The fourth-order valence-electron chi connectivity index (χ4n) is 1.16. The van der Waals surface area contributed by atoms with Crippen LogP contribution in [0, 0.1) is 5.41 Å². The van der Waals surface area contributed by atoms with Crippen LogP contribution >= 0.6 is 0 Å². The average molecular weight is 168 g/mol. The number of hydrogen-bond donors (Lipinski definition) is 1. The van der Waals surface area contributed by atoms with E-state index >= 15 is 0 Å². The molecule has 1 atom stereocenters. The van der Waals surface area contributed by atoms with E-state index in [1.807, 2.05) is 6.92 Å². The van der Waals surface area contributed by atoms with Crippen molar-refractivity contribution in [3.63, 3.8) is 0 Å². The van der Waals surface area contributed by atoms with Crippen LogP contribution < -0.4 is 5.32 Å². The molecule has 3 heteroatoms. The minimum absolute atomic E-state index is 0.0225. The predicted octanol–water partition coefficient (Wildman–Crippen LogP) is 1.34. The summed E-state index contributed by atoms with van der Waals surface area (Å²) >= 11 is 0. The van der Waals surface area contributed by atoms with Gasteiger partial charge < -0.3 is 5.32 Å². The van der Waals surface area contributed by atoms with E-state index in [0.29, 0.717) is 0 Å². The van der Waals surface area contributed by atoms with Crippen molar-refractivity contribution in [2.24, 2.45) is 10.4 Å². The molecule has 0 fully saturated rings. The van der Waals surface area contributed by atoms with Gasteiger partial charge in [0.15, 0.2) is 0 Å². The lowest BCUT2D eigenvalue weighted by Gasteiger charge is -2.17. The topological polar surface area (TPSA) is 41.5 Å². The van der Waals surface area contributed by atoms with E-state index in [1.54, 1.807) is 0 Å². The summed E-state index contributed by atoms with van der Waals surface area (Å²) in [4.78, 5) is 15.3. The highest BCUT2D eigenvalue weighted by Gasteiger charge is 2.24.